The van der Waals surface area contributed by atoms with Crippen LogP contribution in [0.1, 0.15) is 106 Å². The molecule has 3 fully saturated rings. The Labute approximate surface area is 202 Å². The number of aliphatic hydroxyl groups excluding tert-OH is 1. The van der Waals surface area contributed by atoms with Gasteiger partial charge in [0.1, 0.15) is 0 Å². The number of carbonyl (C=O) groups is 1. The Kier molecular flexibility index (Phi) is 6.25. The van der Waals surface area contributed by atoms with Crippen molar-refractivity contribution < 1.29 is 15.0 Å². The van der Waals surface area contributed by atoms with Crippen molar-refractivity contribution in [3.63, 3.8) is 0 Å². The molecule has 2 N–H and O–H groups in total. The highest BCUT2D eigenvalue weighted by Gasteiger charge is 2.65. The number of carboxylic acid groups (broad SMARTS) is 1. The normalized spacial score (nSPS) is 45.5. The molecule has 0 saturated heterocycles. The Balaban J connectivity index is 1.58. The molecule has 3 heteroatoms. The second-order valence-corrected chi connectivity index (χ2v) is 13.6. The number of hydrogen-bond acceptors (Lipinski definition) is 2. The number of carboxylic acids is 1. The van der Waals surface area contributed by atoms with E-state index in [1.165, 1.54) is 25.7 Å². The lowest BCUT2D eigenvalue weighted by Gasteiger charge is -2.64. The van der Waals surface area contributed by atoms with Gasteiger partial charge in [0, 0.05) is 5.57 Å². The van der Waals surface area contributed by atoms with E-state index in [2.05, 4.69) is 47.6 Å². The number of rotatable bonds is 5. The highest BCUT2D eigenvalue weighted by Crippen LogP contribution is 2.73. The summed E-state index contributed by atoms with van der Waals surface area (Å²) in [6, 6.07) is 0. The van der Waals surface area contributed by atoms with Crippen LogP contribution in [-0.2, 0) is 4.79 Å². The Hall–Kier alpha value is -1.09. The van der Waals surface area contributed by atoms with Crippen molar-refractivity contribution in [1.29, 1.82) is 0 Å². The summed E-state index contributed by atoms with van der Waals surface area (Å²) in [5.41, 5.74) is 3.13. The highest BCUT2D eigenvalue weighted by molar-refractivity contribution is 5.85. The van der Waals surface area contributed by atoms with E-state index >= 15 is 0 Å². The van der Waals surface area contributed by atoms with Crippen LogP contribution < -0.4 is 0 Å². The quantitative estimate of drug-likeness (QED) is 0.335. The fourth-order valence-corrected chi connectivity index (χ4v) is 9.50. The van der Waals surface area contributed by atoms with Gasteiger partial charge in [0.15, 0.2) is 0 Å². The molecular formula is C30H48O3. The zero-order valence-corrected chi connectivity index (χ0v) is 22.2. The maximum absolute atomic E-state index is 11.1. The number of allylic oxidation sites excluding steroid dienone is 3. The Bertz CT molecular complexity index is 853. The third-order valence-electron chi connectivity index (χ3n) is 12.0. The zero-order chi connectivity index (χ0) is 24.4. The highest BCUT2D eigenvalue weighted by atomic mass is 16.4. The summed E-state index contributed by atoms with van der Waals surface area (Å²) in [4.78, 5) is 11.1. The first-order valence-electron chi connectivity index (χ1n) is 13.6. The van der Waals surface area contributed by atoms with E-state index in [9.17, 15) is 9.90 Å². The van der Waals surface area contributed by atoms with Crippen molar-refractivity contribution in [3.05, 3.63) is 23.3 Å². The molecule has 33 heavy (non-hydrogen) atoms. The first-order valence-corrected chi connectivity index (χ1v) is 13.6. The molecule has 0 spiro atoms. The van der Waals surface area contributed by atoms with Gasteiger partial charge in [0.2, 0.25) is 0 Å². The molecule has 0 radical (unpaired) electrons. The Morgan fingerprint density at radius 1 is 1.12 bits per heavy atom. The summed E-state index contributed by atoms with van der Waals surface area (Å²) >= 11 is 0. The van der Waals surface area contributed by atoms with Gasteiger partial charge in [-0.05, 0) is 110 Å². The number of fused-ring (bicyclic) bond motifs is 5. The van der Waals surface area contributed by atoms with Gasteiger partial charge in [0.05, 0.1) is 6.10 Å². The van der Waals surface area contributed by atoms with Crippen LogP contribution in [0.5, 0.6) is 0 Å². The fraction of sp³-hybridized carbons (Fsp3) is 0.833. The number of aliphatic hydroxyl groups is 1. The van der Waals surface area contributed by atoms with Gasteiger partial charge < -0.3 is 10.2 Å². The first-order chi connectivity index (χ1) is 15.3. The van der Waals surface area contributed by atoms with Crippen LogP contribution in [0.4, 0.5) is 0 Å². The van der Waals surface area contributed by atoms with E-state index in [4.69, 9.17) is 5.11 Å². The molecule has 0 bridgehead atoms. The Morgan fingerprint density at radius 2 is 1.82 bits per heavy atom. The van der Waals surface area contributed by atoms with E-state index in [1.54, 1.807) is 12.5 Å². The molecule has 0 heterocycles. The molecule has 186 valence electrons. The topological polar surface area (TPSA) is 57.5 Å². The average Bonchev–Trinajstić information content (AvgIpc) is 3.02. The van der Waals surface area contributed by atoms with E-state index in [1.807, 2.05) is 6.08 Å². The van der Waals surface area contributed by atoms with Gasteiger partial charge in [0.25, 0.3) is 0 Å². The average molecular weight is 457 g/mol. The molecule has 0 aromatic heterocycles. The minimum atomic E-state index is -0.796. The van der Waals surface area contributed by atoms with Crippen molar-refractivity contribution >= 4 is 5.97 Å². The van der Waals surface area contributed by atoms with Crippen LogP contribution in [-0.4, -0.2) is 22.3 Å². The van der Waals surface area contributed by atoms with E-state index in [-0.39, 0.29) is 16.9 Å². The lowest BCUT2D eigenvalue weighted by Crippen LogP contribution is -2.58. The molecule has 0 aromatic rings. The lowest BCUT2D eigenvalue weighted by atomic mass is 9.41. The number of hydrogen-bond donors (Lipinski definition) is 2. The number of aliphatic carboxylic acids is 1. The lowest BCUT2D eigenvalue weighted by molar-refractivity contribution is -0.132. The summed E-state index contributed by atoms with van der Waals surface area (Å²) in [7, 11) is 0. The second kappa shape index (κ2) is 8.25. The van der Waals surface area contributed by atoms with Crippen molar-refractivity contribution in [2.24, 2.45) is 45.3 Å². The van der Waals surface area contributed by atoms with Crippen LogP contribution in [0.2, 0.25) is 0 Å². The smallest absolute Gasteiger partial charge is 0.330 e. The molecule has 4 aliphatic rings. The third-order valence-corrected chi connectivity index (χ3v) is 12.0. The predicted molar refractivity (Wildman–Crippen MR) is 135 cm³/mol. The molecule has 3 saturated carbocycles. The van der Waals surface area contributed by atoms with Gasteiger partial charge in [-0.2, -0.15) is 0 Å². The van der Waals surface area contributed by atoms with Gasteiger partial charge in [-0.25, -0.2) is 4.79 Å². The predicted octanol–water partition coefficient (Wildman–Crippen LogP) is 7.40. The largest absolute Gasteiger partial charge is 0.478 e. The minimum Gasteiger partial charge on any atom is -0.478 e. The minimum absolute atomic E-state index is 0.00892. The van der Waals surface area contributed by atoms with Crippen LogP contribution >= 0.6 is 0 Å². The SMILES string of the molecule is C/C(=C/CC[C@H](C)[C@@H]1CC[C@]2(C)C3=CC[C@H]4C(C)(C)[C@H](O)CC[C@]4(C)[C@H]3CC[C@@]12C)C(=O)O. The van der Waals surface area contributed by atoms with Crippen molar-refractivity contribution in [1.82, 2.24) is 0 Å². The molecule has 3 nitrogen and oxygen atoms in total. The fourth-order valence-electron chi connectivity index (χ4n) is 9.50. The van der Waals surface area contributed by atoms with Crippen molar-refractivity contribution in [3.8, 4) is 0 Å². The maximum atomic E-state index is 11.1. The molecule has 0 aromatic carbocycles. The van der Waals surface area contributed by atoms with Crippen molar-refractivity contribution in [2.45, 2.75) is 112 Å². The monoisotopic (exact) mass is 456 g/mol. The van der Waals surface area contributed by atoms with E-state index < -0.39 is 5.97 Å². The molecule has 4 aliphatic carbocycles. The molecule has 8 atom stereocenters. The van der Waals surface area contributed by atoms with Gasteiger partial charge >= 0.3 is 5.97 Å². The van der Waals surface area contributed by atoms with Gasteiger partial charge in [-0.15, -0.1) is 0 Å². The summed E-state index contributed by atoms with van der Waals surface area (Å²) in [6.07, 6.45) is 14.7. The van der Waals surface area contributed by atoms with E-state index in [0.29, 0.717) is 40.1 Å². The molecule has 0 amide bonds. The van der Waals surface area contributed by atoms with Gasteiger partial charge in [-0.3, -0.25) is 0 Å². The molecule has 0 unspecified atom stereocenters. The van der Waals surface area contributed by atoms with Crippen LogP contribution in [0, 0.1) is 45.3 Å². The van der Waals surface area contributed by atoms with E-state index in [0.717, 1.165) is 32.1 Å². The Morgan fingerprint density at radius 3 is 2.48 bits per heavy atom. The second-order valence-electron chi connectivity index (χ2n) is 13.6. The first kappa shape index (κ1) is 25.0. The third kappa shape index (κ3) is 3.58. The van der Waals surface area contributed by atoms with Gasteiger partial charge in [-0.1, -0.05) is 59.3 Å². The summed E-state index contributed by atoms with van der Waals surface area (Å²) in [5.74, 6) is 1.75. The van der Waals surface area contributed by atoms with Crippen LogP contribution in [0.25, 0.3) is 0 Å². The summed E-state index contributed by atoms with van der Waals surface area (Å²) in [5, 5.41) is 20.0. The standard InChI is InChI=1S/C30H48O3/c1-19(9-8-10-20(2)26(32)33)21-13-17-30(7)23-11-12-24-27(3,4)25(31)15-16-28(24,5)22(23)14-18-29(21,30)6/h10-11,19,21-22,24-25,31H,8-9,12-18H2,1-7H3,(H,32,33)/b20-10-/t19-,21-,22-,24-,25+,28+,29-,30+/m0/s1. The zero-order valence-electron chi connectivity index (χ0n) is 22.2. The molecule has 0 aliphatic heterocycles. The summed E-state index contributed by atoms with van der Waals surface area (Å²) in [6.45, 7) is 16.5. The van der Waals surface area contributed by atoms with Crippen LogP contribution in [0.3, 0.4) is 0 Å². The molecular weight excluding hydrogens is 408 g/mol. The van der Waals surface area contributed by atoms with Crippen molar-refractivity contribution in [2.75, 3.05) is 0 Å². The summed E-state index contributed by atoms with van der Waals surface area (Å²) < 4.78 is 0. The molecule has 4 rings (SSSR count). The maximum Gasteiger partial charge on any atom is 0.330 e. The van der Waals surface area contributed by atoms with Crippen LogP contribution in [0.15, 0.2) is 23.3 Å².